The molecule has 2 heterocycles. The third kappa shape index (κ3) is 2.56. The van der Waals surface area contributed by atoms with E-state index in [2.05, 4.69) is 31.6 Å². The fourth-order valence-electron chi connectivity index (χ4n) is 2.43. The summed E-state index contributed by atoms with van der Waals surface area (Å²) in [6, 6.07) is 3.31. The minimum Gasteiger partial charge on any atom is -0.367 e. The highest BCUT2D eigenvalue weighted by Gasteiger charge is 2.24. The van der Waals surface area contributed by atoms with Crippen LogP contribution >= 0.6 is 0 Å². The van der Waals surface area contributed by atoms with E-state index in [1.807, 2.05) is 14.0 Å². The molecule has 1 saturated heterocycles. The smallest absolute Gasteiger partial charge is 0.134 e. The molecule has 3 rings (SSSR count). The highest BCUT2D eigenvalue weighted by Crippen LogP contribution is 2.26. The summed E-state index contributed by atoms with van der Waals surface area (Å²) >= 11 is 0. The highest BCUT2D eigenvalue weighted by molar-refractivity contribution is 5.51. The standard InChI is InChI=1S/C13H21N5/c1-9-15-12(17-10-3-4-10)7-13(16-9)18-6-5-11(8-18)14-2/h7,10-11,14H,3-6,8H2,1-2H3,(H,15,16,17). The molecule has 5 heteroatoms. The summed E-state index contributed by atoms with van der Waals surface area (Å²) in [7, 11) is 2.03. The van der Waals surface area contributed by atoms with Gasteiger partial charge >= 0.3 is 0 Å². The Kier molecular flexibility index (Phi) is 3.07. The van der Waals surface area contributed by atoms with Gasteiger partial charge in [-0.1, -0.05) is 0 Å². The molecule has 5 nitrogen and oxygen atoms in total. The maximum atomic E-state index is 4.56. The maximum absolute atomic E-state index is 4.56. The molecule has 0 spiro atoms. The quantitative estimate of drug-likeness (QED) is 0.836. The molecule has 0 radical (unpaired) electrons. The van der Waals surface area contributed by atoms with E-state index in [4.69, 9.17) is 0 Å². The number of hydrogen-bond acceptors (Lipinski definition) is 5. The summed E-state index contributed by atoms with van der Waals surface area (Å²) in [6.45, 7) is 4.08. The van der Waals surface area contributed by atoms with Crippen LogP contribution in [0.25, 0.3) is 0 Å². The third-order valence-electron chi connectivity index (χ3n) is 3.67. The number of nitrogens with zero attached hydrogens (tertiary/aromatic N) is 3. The van der Waals surface area contributed by atoms with E-state index in [-0.39, 0.29) is 0 Å². The van der Waals surface area contributed by atoms with E-state index < -0.39 is 0 Å². The Morgan fingerprint density at radius 2 is 2.06 bits per heavy atom. The molecule has 1 aliphatic heterocycles. The van der Waals surface area contributed by atoms with Crippen LogP contribution in [-0.4, -0.2) is 42.2 Å². The summed E-state index contributed by atoms with van der Waals surface area (Å²) in [4.78, 5) is 11.4. The number of likely N-dealkylation sites (N-methyl/N-ethyl adjacent to an activating group) is 1. The van der Waals surface area contributed by atoms with Crippen molar-refractivity contribution < 1.29 is 0 Å². The van der Waals surface area contributed by atoms with Crippen LogP contribution in [-0.2, 0) is 0 Å². The molecule has 1 aromatic heterocycles. The zero-order valence-corrected chi connectivity index (χ0v) is 11.1. The highest BCUT2D eigenvalue weighted by atomic mass is 15.2. The van der Waals surface area contributed by atoms with Crippen molar-refractivity contribution in [3.05, 3.63) is 11.9 Å². The predicted molar refractivity (Wildman–Crippen MR) is 73.1 cm³/mol. The lowest BCUT2D eigenvalue weighted by Crippen LogP contribution is -2.30. The predicted octanol–water partition coefficient (Wildman–Crippen LogP) is 1.16. The van der Waals surface area contributed by atoms with Crippen molar-refractivity contribution in [3.63, 3.8) is 0 Å². The van der Waals surface area contributed by atoms with E-state index in [1.54, 1.807) is 0 Å². The van der Waals surface area contributed by atoms with Crippen LogP contribution in [0.5, 0.6) is 0 Å². The molecule has 1 saturated carbocycles. The van der Waals surface area contributed by atoms with Gasteiger partial charge in [-0.25, -0.2) is 9.97 Å². The zero-order chi connectivity index (χ0) is 12.5. The zero-order valence-electron chi connectivity index (χ0n) is 11.1. The summed E-state index contributed by atoms with van der Waals surface area (Å²) in [5.74, 6) is 2.89. The van der Waals surface area contributed by atoms with Crippen molar-refractivity contribution in [1.82, 2.24) is 15.3 Å². The van der Waals surface area contributed by atoms with Gasteiger partial charge in [0.25, 0.3) is 0 Å². The molecule has 1 atom stereocenters. The molecule has 1 unspecified atom stereocenters. The minimum atomic E-state index is 0.583. The average Bonchev–Trinajstić information content (AvgIpc) is 3.03. The third-order valence-corrected chi connectivity index (χ3v) is 3.67. The van der Waals surface area contributed by atoms with Crippen LogP contribution in [0.15, 0.2) is 6.07 Å². The van der Waals surface area contributed by atoms with Crippen molar-refractivity contribution >= 4 is 11.6 Å². The molecule has 2 fully saturated rings. The molecule has 2 N–H and O–H groups in total. The molecule has 1 aliphatic carbocycles. The second-order valence-corrected chi connectivity index (χ2v) is 5.30. The Bertz CT molecular complexity index is 429. The number of nitrogens with one attached hydrogen (secondary N) is 2. The van der Waals surface area contributed by atoms with Gasteiger partial charge in [-0.15, -0.1) is 0 Å². The second kappa shape index (κ2) is 4.72. The van der Waals surface area contributed by atoms with Crippen molar-refractivity contribution in [2.24, 2.45) is 0 Å². The Labute approximate surface area is 108 Å². The molecule has 1 aromatic rings. The number of hydrogen-bond donors (Lipinski definition) is 2. The molecular weight excluding hydrogens is 226 g/mol. The SMILES string of the molecule is CNC1CCN(c2cc(NC3CC3)nc(C)n2)C1. The van der Waals surface area contributed by atoms with Gasteiger partial charge in [0.2, 0.25) is 0 Å². The van der Waals surface area contributed by atoms with Crippen molar-refractivity contribution in [1.29, 1.82) is 0 Å². The molecule has 18 heavy (non-hydrogen) atoms. The Morgan fingerprint density at radius 1 is 1.22 bits per heavy atom. The van der Waals surface area contributed by atoms with E-state index in [0.29, 0.717) is 12.1 Å². The first kappa shape index (κ1) is 11.7. The maximum Gasteiger partial charge on any atom is 0.134 e. The second-order valence-electron chi connectivity index (χ2n) is 5.30. The number of anilines is 2. The van der Waals surface area contributed by atoms with E-state index in [9.17, 15) is 0 Å². The molecule has 0 bridgehead atoms. The van der Waals surface area contributed by atoms with Crippen LogP contribution < -0.4 is 15.5 Å². The van der Waals surface area contributed by atoms with Gasteiger partial charge in [-0.3, -0.25) is 0 Å². The Morgan fingerprint density at radius 3 is 2.72 bits per heavy atom. The van der Waals surface area contributed by atoms with Gasteiger partial charge in [0.15, 0.2) is 0 Å². The lowest BCUT2D eigenvalue weighted by molar-refractivity contribution is 0.616. The van der Waals surface area contributed by atoms with Gasteiger partial charge in [-0.05, 0) is 33.2 Å². The summed E-state index contributed by atoms with van der Waals surface area (Å²) in [5.41, 5.74) is 0. The van der Waals surface area contributed by atoms with Crippen LogP contribution in [0.4, 0.5) is 11.6 Å². The first-order valence-corrected chi connectivity index (χ1v) is 6.79. The lowest BCUT2D eigenvalue weighted by Gasteiger charge is -2.18. The van der Waals surface area contributed by atoms with Crippen molar-refractivity contribution in [2.45, 2.75) is 38.3 Å². The molecule has 98 valence electrons. The fraction of sp³-hybridized carbons (Fsp3) is 0.692. The minimum absolute atomic E-state index is 0.583. The van der Waals surface area contributed by atoms with Gasteiger partial charge in [-0.2, -0.15) is 0 Å². The van der Waals surface area contributed by atoms with Crippen LogP contribution in [0.1, 0.15) is 25.1 Å². The van der Waals surface area contributed by atoms with E-state index in [0.717, 1.165) is 30.5 Å². The van der Waals surface area contributed by atoms with Crippen molar-refractivity contribution in [3.8, 4) is 0 Å². The first-order chi connectivity index (χ1) is 8.74. The molecule has 0 aromatic carbocycles. The normalized spacial score (nSPS) is 23.4. The first-order valence-electron chi connectivity index (χ1n) is 6.79. The summed E-state index contributed by atoms with van der Waals surface area (Å²) in [5, 5.41) is 6.79. The van der Waals surface area contributed by atoms with Crippen molar-refractivity contribution in [2.75, 3.05) is 30.4 Å². The van der Waals surface area contributed by atoms with Gasteiger partial charge in [0.1, 0.15) is 17.5 Å². The number of aryl methyl sites for hydroxylation is 1. The van der Waals surface area contributed by atoms with Crippen LogP contribution in [0.3, 0.4) is 0 Å². The van der Waals surface area contributed by atoms with Gasteiger partial charge in [0, 0.05) is 31.2 Å². The Hall–Kier alpha value is -1.36. The monoisotopic (exact) mass is 247 g/mol. The van der Waals surface area contributed by atoms with Crippen LogP contribution in [0, 0.1) is 6.92 Å². The van der Waals surface area contributed by atoms with E-state index in [1.165, 1.54) is 19.3 Å². The average molecular weight is 247 g/mol. The topological polar surface area (TPSA) is 53.1 Å². The van der Waals surface area contributed by atoms with Gasteiger partial charge < -0.3 is 15.5 Å². The van der Waals surface area contributed by atoms with Crippen LogP contribution in [0.2, 0.25) is 0 Å². The fourth-order valence-corrected chi connectivity index (χ4v) is 2.43. The Balaban J connectivity index is 1.76. The lowest BCUT2D eigenvalue weighted by atomic mass is 10.3. The summed E-state index contributed by atoms with van der Waals surface area (Å²) in [6.07, 6.45) is 3.72. The summed E-state index contributed by atoms with van der Waals surface area (Å²) < 4.78 is 0. The largest absolute Gasteiger partial charge is 0.367 e. The number of rotatable bonds is 4. The number of aromatic nitrogens is 2. The molecular formula is C13H21N5. The van der Waals surface area contributed by atoms with Gasteiger partial charge in [0.05, 0.1) is 0 Å². The molecule has 2 aliphatic rings. The van der Waals surface area contributed by atoms with E-state index >= 15 is 0 Å². The molecule has 0 amide bonds.